The summed E-state index contributed by atoms with van der Waals surface area (Å²) in [5.41, 5.74) is 2.08. The summed E-state index contributed by atoms with van der Waals surface area (Å²) in [6.45, 7) is 6.31. The molecular weight excluding hydrogens is 238 g/mol. The van der Waals surface area contributed by atoms with E-state index in [9.17, 15) is 0 Å². The van der Waals surface area contributed by atoms with Crippen molar-refractivity contribution in [2.45, 2.75) is 52.0 Å². The number of aryl methyl sites for hydroxylation is 2. The Morgan fingerprint density at radius 1 is 1.16 bits per heavy atom. The molecule has 0 spiro atoms. The molecule has 1 N–H and O–H groups in total. The van der Waals surface area contributed by atoms with Gasteiger partial charge in [0.2, 0.25) is 5.95 Å². The molecule has 5 nitrogen and oxygen atoms in total. The fraction of sp³-hybridized carbons (Fsp3) is 0.786. The Kier molecular flexibility index (Phi) is 5.07. The Labute approximate surface area is 115 Å². The zero-order valence-corrected chi connectivity index (χ0v) is 12.3. The van der Waals surface area contributed by atoms with E-state index in [0.29, 0.717) is 12.0 Å². The minimum absolute atomic E-state index is 0.591. The smallest absolute Gasteiger partial charge is 0.243 e. The van der Waals surface area contributed by atoms with Crippen molar-refractivity contribution in [3.63, 3.8) is 0 Å². The van der Waals surface area contributed by atoms with Crippen molar-refractivity contribution >= 4 is 5.95 Å². The van der Waals surface area contributed by atoms with E-state index in [4.69, 9.17) is 0 Å². The van der Waals surface area contributed by atoms with Crippen molar-refractivity contribution in [3.05, 3.63) is 11.4 Å². The van der Waals surface area contributed by atoms with Gasteiger partial charge in [0, 0.05) is 12.6 Å². The van der Waals surface area contributed by atoms with Gasteiger partial charge in [-0.25, -0.2) is 4.98 Å². The summed E-state index contributed by atoms with van der Waals surface area (Å²) in [7, 11) is 2.20. The molecule has 1 fully saturated rings. The molecule has 1 saturated heterocycles. The zero-order valence-electron chi connectivity index (χ0n) is 12.3. The second-order valence-electron chi connectivity index (χ2n) is 5.25. The maximum Gasteiger partial charge on any atom is 0.243 e. The number of piperidine rings is 1. The van der Waals surface area contributed by atoms with Crippen LogP contribution in [-0.2, 0) is 12.8 Å². The first-order chi connectivity index (χ1) is 9.24. The van der Waals surface area contributed by atoms with Crippen molar-refractivity contribution in [1.82, 2.24) is 20.1 Å². The number of rotatable bonds is 5. The molecule has 5 heteroatoms. The van der Waals surface area contributed by atoms with Crippen LogP contribution in [0.25, 0.3) is 0 Å². The molecule has 1 aromatic rings. The van der Waals surface area contributed by atoms with Gasteiger partial charge < -0.3 is 10.2 Å². The summed E-state index contributed by atoms with van der Waals surface area (Å²) in [4.78, 5) is 6.99. The van der Waals surface area contributed by atoms with E-state index in [-0.39, 0.29) is 0 Å². The van der Waals surface area contributed by atoms with Crippen LogP contribution in [0.3, 0.4) is 0 Å². The van der Waals surface area contributed by atoms with E-state index in [0.717, 1.165) is 30.8 Å². The normalized spacial score (nSPS) is 20.5. The zero-order chi connectivity index (χ0) is 13.7. The highest BCUT2D eigenvalue weighted by molar-refractivity contribution is 5.26. The van der Waals surface area contributed by atoms with E-state index in [1.807, 2.05) is 0 Å². The third-order valence-electron chi connectivity index (χ3n) is 3.93. The lowest BCUT2D eigenvalue weighted by atomic mass is 10.0. The molecule has 1 unspecified atom stereocenters. The van der Waals surface area contributed by atoms with E-state index >= 15 is 0 Å². The van der Waals surface area contributed by atoms with Crippen LogP contribution >= 0.6 is 0 Å². The second-order valence-corrected chi connectivity index (χ2v) is 5.25. The highest BCUT2D eigenvalue weighted by Crippen LogP contribution is 2.15. The minimum atomic E-state index is 0.591. The molecule has 0 aromatic carbocycles. The van der Waals surface area contributed by atoms with Crippen LogP contribution in [0.5, 0.6) is 0 Å². The fourth-order valence-electron chi connectivity index (χ4n) is 2.62. The van der Waals surface area contributed by atoms with Gasteiger partial charge in [-0.05, 0) is 39.3 Å². The van der Waals surface area contributed by atoms with Crippen LogP contribution in [0.1, 0.15) is 44.5 Å². The summed E-state index contributed by atoms with van der Waals surface area (Å²) < 4.78 is 0. The van der Waals surface area contributed by atoms with Crippen LogP contribution in [0.15, 0.2) is 0 Å². The third kappa shape index (κ3) is 3.62. The van der Waals surface area contributed by atoms with Gasteiger partial charge in [0.1, 0.15) is 0 Å². The molecule has 1 aromatic heterocycles. The van der Waals surface area contributed by atoms with E-state index < -0.39 is 0 Å². The molecule has 2 heterocycles. The summed E-state index contributed by atoms with van der Waals surface area (Å²) in [5, 5.41) is 11.8. The predicted molar refractivity (Wildman–Crippen MR) is 77.3 cm³/mol. The van der Waals surface area contributed by atoms with Crippen LogP contribution in [0.2, 0.25) is 0 Å². The van der Waals surface area contributed by atoms with Gasteiger partial charge in [0.05, 0.1) is 11.4 Å². The molecule has 0 radical (unpaired) electrons. The average Bonchev–Trinajstić information content (AvgIpc) is 2.46. The quantitative estimate of drug-likeness (QED) is 0.879. The Morgan fingerprint density at radius 2 is 1.95 bits per heavy atom. The summed E-state index contributed by atoms with van der Waals surface area (Å²) in [6.07, 6.45) is 5.71. The molecule has 2 rings (SSSR count). The molecule has 0 saturated carbocycles. The minimum Gasteiger partial charge on any atom is -0.351 e. The number of nitrogens with zero attached hydrogens (tertiary/aromatic N) is 4. The number of hydrogen-bond donors (Lipinski definition) is 1. The average molecular weight is 263 g/mol. The molecular formula is C14H25N5. The van der Waals surface area contributed by atoms with Crippen LogP contribution in [0, 0.1) is 0 Å². The predicted octanol–water partition coefficient (Wildman–Crippen LogP) is 1.89. The van der Waals surface area contributed by atoms with Crippen molar-refractivity contribution in [1.29, 1.82) is 0 Å². The van der Waals surface area contributed by atoms with Gasteiger partial charge in [-0.15, -0.1) is 5.10 Å². The summed E-state index contributed by atoms with van der Waals surface area (Å²) in [6, 6.07) is 0.591. The number of likely N-dealkylation sites (tertiary alicyclic amines) is 1. The number of hydrogen-bond acceptors (Lipinski definition) is 5. The fourth-order valence-corrected chi connectivity index (χ4v) is 2.62. The van der Waals surface area contributed by atoms with Gasteiger partial charge >= 0.3 is 0 Å². The van der Waals surface area contributed by atoms with Crippen molar-refractivity contribution in [2.75, 3.05) is 25.5 Å². The van der Waals surface area contributed by atoms with Gasteiger partial charge in [0.25, 0.3) is 0 Å². The molecule has 19 heavy (non-hydrogen) atoms. The monoisotopic (exact) mass is 263 g/mol. The molecule has 0 aliphatic carbocycles. The molecule has 1 aliphatic heterocycles. The third-order valence-corrected chi connectivity index (χ3v) is 3.93. The van der Waals surface area contributed by atoms with E-state index in [2.05, 4.69) is 46.3 Å². The number of aromatic nitrogens is 3. The highest BCUT2D eigenvalue weighted by atomic mass is 15.3. The molecule has 0 bridgehead atoms. The van der Waals surface area contributed by atoms with Gasteiger partial charge in [-0.2, -0.15) is 5.10 Å². The van der Waals surface area contributed by atoms with Crippen LogP contribution in [0.4, 0.5) is 5.95 Å². The van der Waals surface area contributed by atoms with Gasteiger partial charge in [0.15, 0.2) is 0 Å². The molecule has 1 atom stereocenters. The molecule has 1 aliphatic rings. The Balaban J connectivity index is 1.95. The molecule has 0 amide bonds. The van der Waals surface area contributed by atoms with Gasteiger partial charge in [-0.3, -0.25) is 0 Å². The van der Waals surface area contributed by atoms with Crippen LogP contribution in [-0.4, -0.2) is 46.3 Å². The first-order valence-corrected chi connectivity index (χ1v) is 7.41. The Hall–Kier alpha value is -1.23. The number of likely N-dealkylation sites (N-methyl/N-ethyl adjacent to an activating group) is 1. The summed E-state index contributed by atoms with van der Waals surface area (Å²) in [5.74, 6) is 0.674. The highest BCUT2D eigenvalue weighted by Gasteiger charge is 2.18. The number of nitrogens with one attached hydrogen (secondary N) is 1. The maximum absolute atomic E-state index is 4.57. The maximum atomic E-state index is 4.57. The SMILES string of the molecule is CCc1nnc(NCC2CCCCN2C)nc1CC. The standard InChI is InChI=1S/C14H25N5/c1-4-12-13(5-2)17-18-14(16-12)15-10-11-8-6-7-9-19(11)3/h11H,4-10H2,1-3H3,(H,15,16,18). The lowest BCUT2D eigenvalue weighted by Gasteiger charge is -2.32. The van der Waals surface area contributed by atoms with E-state index in [1.54, 1.807) is 0 Å². The topological polar surface area (TPSA) is 53.9 Å². The van der Waals surface area contributed by atoms with Crippen molar-refractivity contribution in [3.8, 4) is 0 Å². The first-order valence-electron chi connectivity index (χ1n) is 7.41. The number of anilines is 1. The van der Waals surface area contributed by atoms with E-state index in [1.165, 1.54) is 25.8 Å². The van der Waals surface area contributed by atoms with Crippen LogP contribution < -0.4 is 5.32 Å². The Morgan fingerprint density at radius 3 is 2.63 bits per heavy atom. The second kappa shape index (κ2) is 6.80. The largest absolute Gasteiger partial charge is 0.351 e. The van der Waals surface area contributed by atoms with Crippen molar-refractivity contribution < 1.29 is 0 Å². The molecule has 106 valence electrons. The summed E-state index contributed by atoms with van der Waals surface area (Å²) >= 11 is 0. The Bertz CT molecular complexity index is 407. The van der Waals surface area contributed by atoms with Gasteiger partial charge in [-0.1, -0.05) is 20.3 Å². The first kappa shape index (κ1) is 14.2. The van der Waals surface area contributed by atoms with Crippen molar-refractivity contribution in [2.24, 2.45) is 0 Å². The lowest BCUT2D eigenvalue weighted by molar-refractivity contribution is 0.194. The lowest BCUT2D eigenvalue weighted by Crippen LogP contribution is -2.41.